The first-order valence-corrected chi connectivity index (χ1v) is 5.70. The van der Waals surface area contributed by atoms with Gasteiger partial charge in [-0.25, -0.2) is 0 Å². The Bertz CT molecular complexity index is 437. The summed E-state index contributed by atoms with van der Waals surface area (Å²) in [6.45, 7) is 5.50. The van der Waals surface area contributed by atoms with E-state index in [1.54, 1.807) is 0 Å². The molecule has 2 aliphatic rings. The van der Waals surface area contributed by atoms with Crippen molar-refractivity contribution >= 4 is 0 Å². The summed E-state index contributed by atoms with van der Waals surface area (Å²) in [6.07, 6.45) is 0.395. The third-order valence-electron chi connectivity index (χ3n) is 3.51. The van der Waals surface area contributed by atoms with E-state index in [1.807, 2.05) is 12.1 Å². The molecule has 0 unspecified atom stereocenters. The van der Waals surface area contributed by atoms with Gasteiger partial charge in [-0.2, -0.15) is 0 Å². The number of fused-ring (bicyclic) bond motifs is 2. The zero-order valence-corrected chi connectivity index (χ0v) is 9.62. The molecule has 0 amide bonds. The summed E-state index contributed by atoms with van der Waals surface area (Å²) < 4.78 is 11.1. The summed E-state index contributed by atoms with van der Waals surface area (Å²) in [4.78, 5) is 0. The zero-order chi connectivity index (χ0) is 11.3. The highest BCUT2D eigenvalue weighted by atomic mass is 16.6. The van der Waals surface area contributed by atoms with Gasteiger partial charge >= 0.3 is 0 Å². The molecular weight excluding hydrogens is 204 g/mol. The lowest BCUT2D eigenvalue weighted by molar-refractivity contribution is 0.159. The van der Waals surface area contributed by atoms with Gasteiger partial charge in [-0.05, 0) is 35.1 Å². The molecule has 1 aromatic carbocycles. The maximum atomic E-state index is 10.0. The number of hydrogen-bond acceptors (Lipinski definition) is 3. The summed E-state index contributed by atoms with van der Waals surface area (Å²) in [7, 11) is 0. The van der Waals surface area contributed by atoms with Gasteiger partial charge in [-0.15, -0.1) is 0 Å². The molecular formula is C13H16O3. The van der Waals surface area contributed by atoms with E-state index in [0.29, 0.717) is 13.2 Å². The van der Waals surface area contributed by atoms with Crippen LogP contribution in [0.5, 0.6) is 11.5 Å². The van der Waals surface area contributed by atoms with Crippen molar-refractivity contribution in [2.45, 2.75) is 31.8 Å². The fourth-order valence-corrected chi connectivity index (χ4v) is 2.67. The molecule has 1 aliphatic heterocycles. The predicted molar refractivity (Wildman–Crippen MR) is 60.0 cm³/mol. The van der Waals surface area contributed by atoms with Crippen molar-refractivity contribution in [3.8, 4) is 11.5 Å². The van der Waals surface area contributed by atoms with Crippen LogP contribution in [0, 0.1) is 0 Å². The molecule has 86 valence electrons. The molecule has 3 rings (SSSR count). The molecule has 0 saturated carbocycles. The number of hydrogen-bond donors (Lipinski definition) is 1. The lowest BCUT2D eigenvalue weighted by Crippen LogP contribution is -2.17. The van der Waals surface area contributed by atoms with Gasteiger partial charge in [0, 0.05) is 0 Å². The molecule has 3 heteroatoms. The van der Waals surface area contributed by atoms with Crippen LogP contribution in [0.3, 0.4) is 0 Å². The van der Waals surface area contributed by atoms with Gasteiger partial charge in [0.25, 0.3) is 0 Å². The van der Waals surface area contributed by atoms with Crippen LogP contribution in [-0.2, 0) is 5.41 Å². The van der Waals surface area contributed by atoms with Crippen molar-refractivity contribution in [2.24, 2.45) is 0 Å². The fourth-order valence-electron chi connectivity index (χ4n) is 2.67. The van der Waals surface area contributed by atoms with E-state index in [0.717, 1.165) is 23.5 Å². The van der Waals surface area contributed by atoms with Crippen molar-refractivity contribution in [1.29, 1.82) is 0 Å². The normalized spacial score (nSPS) is 25.3. The van der Waals surface area contributed by atoms with Crippen molar-refractivity contribution in [1.82, 2.24) is 0 Å². The molecule has 0 bridgehead atoms. The molecule has 1 aliphatic carbocycles. The van der Waals surface area contributed by atoms with Gasteiger partial charge < -0.3 is 14.6 Å². The van der Waals surface area contributed by atoms with E-state index in [4.69, 9.17) is 9.47 Å². The van der Waals surface area contributed by atoms with Crippen LogP contribution in [0.2, 0.25) is 0 Å². The molecule has 0 saturated heterocycles. The second-order valence-electron chi connectivity index (χ2n) is 5.19. The quantitative estimate of drug-likeness (QED) is 0.728. The average molecular weight is 220 g/mol. The summed E-state index contributed by atoms with van der Waals surface area (Å²) in [6, 6.07) is 3.96. The van der Waals surface area contributed by atoms with Gasteiger partial charge in [0.05, 0.1) is 6.10 Å². The van der Waals surface area contributed by atoms with Gasteiger partial charge in [0.1, 0.15) is 13.2 Å². The maximum absolute atomic E-state index is 10.0. The van der Waals surface area contributed by atoms with E-state index >= 15 is 0 Å². The second-order valence-corrected chi connectivity index (χ2v) is 5.19. The largest absolute Gasteiger partial charge is 0.486 e. The number of benzene rings is 1. The van der Waals surface area contributed by atoms with Gasteiger partial charge in [0.2, 0.25) is 0 Å². The van der Waals surface area contributed by atoms with Crippen LogP contribution in [0.4, 0.5) is 0 Å². The molecule has 0 spiro atoms. The summed E-state index contributed by atoms with van der Waals surface area (Å²) >= 11 is 0. The van der Waals surface area contributed by atoms with Crippen molar-refractivity contribution in [3.05, 3.63) is 23.3 Å². The second kappa shape index (κ2) is 3.14. The highest BCUT2D eigenvalue weighted by molar-refractivity contribution is 5.53. The van der Waals surface area contributed by atoms with E-state index in [1.165, 1.54) is 5.56 Å². The van der Waals surface area contributed by atoms with Gasteiger partial charge in [-0.3, -0.25) is 0 Å². The molecule has 1 N–H and O–H groups in total. The van der Waals surface area contributed by atoms with Crippen LogP contribution >= 0.6 is 0 Å². The Morgan fingerprint density at radius 3 is 2.50 bits per heavy atom. The van der Waals surface area contributed by atoms with E-state index in [-0.39, 0.29) is 11.5 Å². The summed E-state index contributed by atoms with van der Waals surface area (Å²) in [5.41, 5.74) is 2.20. The number of ether oxygens (including phenoxy) is 2. The highest BCUT2D eigenvalue weighted by Crippen LogP contribution is 2.48. The topological polar surface area (TPSA) is 38.7 Å². The Balaban J connectivity index is 2.16. The third-order valence-corrected chi connectivity index (χ3v) is 3.51. The number of aliphatic hydroxyl groups is 1. The van der Waals surface area contributed by atoms with Crippen LogP contribution < -0.4 is 9.47 Å². The lowest BCUT2D eigenvalue weighted by atomic mass is 9.86. The molecule has 3 nitrogen and oxygen atoms in total. The molecule has 0 aromatic heterocycles. The summed E-state index contributed by atoms with van der Waals surface area (Å²) in [5, 5.41) is 10.0. The molecule has 0 fully saturated rings. The minimum Gasteiger partial charge on any atom is -0.486 e. The monoisotopic (exact) mass is 220 g/mol. The Hall–Kier alpha value is -1.22. The fraction of sp³-hybridized carbons (Fsp3) is 0.538. The van der Waals surface area contributed by atoms with Crippen LogP contribution in [0.1, 0.15) is 37.5 Å². The Morgan fingerprint density at radius 1 is 1.19 bits per heavy atom. The van der Waals surface area contributed by atoms with E-state index < -0.39 is 0 Å². The Morgan fingerprint density at radius 2 is 1.81 bits per heavy atom. The zero-order valence-electron chi connectivity index (χ0n) is 9.62. The first-order chi connectivity index (χ1) is 7.58. The summed E-state index contributed by atoms with van der Waals surface area (Å²) in [5.74, 6) is 1.58. The minimum atomic E-state index is -0.374. The average Bonchev–Trinajstić information content (AvgIpc) is 2.47. The molecule has 1 heterocycles. The lowest BCUT2D eigenvalue weighted by Gasteiger charge is -2.23. The third kappa shape index (κ3) is 1.31. The standard InChI is InChI=1S/C13H16O3/c1-13(2)7-10(14)8-5-11-12(6-9(8)13)16-4-3-15-11/h5-6,10,14H,3-4,7H2,1-2H3/t10-/m0/s1. The molecule has 1 atom stereocenters. The first kappa shape index (κ1) is 9.97. The first-order valence-electron chi connectivity index (χ1n) is 5.70. The van der Waals surface area contributed by atoms with Crippen molar-refractivity contribution in [2.75, 3.05) is 13.2 Å². The Kier molecular flexibility index (Phi) is 1.96. The number of aliphatic hydroxyl groups excluding tert-OH is 1. The van der Waals surface area contributed by atoms with Crippen LogP contribution in [0.15, 0.2) is 12.1 Å². The van der Waals surface area contributed by atoms with E-state index in [9.17, 15) is 5.11 Å². The highest BCUT2D eigenvalue weighted by Gasteiger charge is 2.37. The minimum absolute atomic E-state index is 0.0184. The molecule has 16 heavy (non-hydrogen) atoms. The van der Waals surface area contributed by atoms with Crippen LogP contribution in [-0.4, -0.2) is 18.3 Å². The Labute approximate surface area is 95.0 Å². The van der Waals surface area contributed by atoms with Gasteiger partial charge in [-0.1, -0.05) is 13.8 Å². The maximum Gasteiger partial charge on any atom is 0.161 e. The van der Waals surface area contributed by atoms with Crippen LogP contribution in [0.25, 0.3) is 0 Å². The smallest absolute Gasteiger partial charge is 0.161 e. The molecule has 0 radical (unpaired) electrons. The number of rotatable bonds is 0. The predicted octanol–water partition coefficient (Wildman–Crippen LogP) is 2.17. The van der Waals surface area contributed by atoms with E-state index in [2.05, 4.69) is 13.8 Å². The molecule has 1 aromatic rings. The SMILES string of the molecule is CC1(C)C[C@H](O)c2cc3c(cc21)OCCO3. The van der Waals surface area contributed by atoms with Gasteiger partial charge in [0.15, 0.2) is 11.5 Å². The van der Waals surface area contributed by atoms with Crippen molar-refractivity contribution < 1.29 is 14.6 Å². The van der Waals surface area contributed by atoms with Crippen molar-refractivity contribution in [3.63, 3.8) is 0 Å².